The van der Waals surface area contributed by atoms with Gasteiger partial charge in [-0.25, -0.2) is 4.39 Å². The summed E-state index contributed by atoms with van der Waals surface area (Å²) in [6.45, 7) is 2.20. The number of halogens is 2. The maximum absolute atomic E-state index is 13.5. The Balaban J connectivity index is 0.00000240. The van der Waals surface area contributed by atoms with Crippen LogP contribution in [0.15, 0.2) is 42.7 Å². The van der Waals surface area contributed by atoms with Gasteiger partial charge < -0.3 is 10.6 Å². The number of nitrogens with one attached hydrogen (secondary N) is 2. The van der Waals surface area contributed by atoms with E-state index in [0.29, 0.717) is 6.54 Å². The normalized spacial score (nSPS) is 20.4. The molecule has 0 bridgehead atoms. The minimum absolute atomic E-state index is 0. The molecule has 2 aromatic rings. The number of benzene rings is 1. The van der Waals surface area contributed by atoms with Crippen LogP contribution in [0.3, 0.4) is 0 Å². The molecule has 1 aliphatic carbocycles. The van der Waals surface area contributed by atoms with Crippen molar-refractivity contribution in [3.05, 3.63) is 54.1 Å². The molecule has 1 aromatic heterocycles. The van der Waals surface area contributed by atoms with Crippen LogP contribution >= 0.6 is 12.4 Å². The van der Waals surface area contributed by atoms with Crippen LogP contribution in [0.1, 0.15) is 50.5 Å². The van der Waals surface area contributed by atoms with Crippen LogP contribution in [-0.4, -0.2) is 35.3 Å². The number of rotatable bonds is 5. The van der Waals surface area contributed by atoms with Gasteiger partial charge in [0.1, 0.15) is 11.4 Å². The van der Waals surface area contributed by atoms with E-state index in [1.54, 1.807) is 6.20 Å². The average molecular weight is 421 g/mol. The Morgan fingerprint density at radius 1 is 1.10 bits per heavy atom. The van der Waals surface area contributed by atoms with Gasteiger partial charge in [-0.1, -0.05) is 31.4 Å². The third-order valence-corrected chi connectivity index (χ3v) is 6.65. The highest BCUT2D eigenvalue weighted by atomic mass is 35.5. The number of carbonyl (C=O) groups excluding carboxylic acids is 1. The predicted octanol–water partition coefficient (Wildman–Crippen LogP) is 3.54. The second-order valence-corrected chi connectivity index (χ2v) is 8.26. The van der Waals surface area contributed by atoms with E-state index in [1.807, 2.05) is 29.1 Å². The zero-order chi connectivity index (χ0) is 19.5. The van der Waals surface area contributed by atoms with E-state index in [9.17, 15) is 9.18 Å². The quantitative estimate of drug-likeness (QED) is 0.777. The monoisotopic (exact) mass is 420 g/mol. The molecule has 1 amide bonds. The summed E-state index contributed by atoms with van der Waals surface area (Å²) in [6.07, 6.45) is 10.6. The molecular weight excluding hydrogens is 391 g/mol. The number of hydrogen-bond acceptors (Lipinski definition) is 3. The molecule has 1 saturated carbocycles. The van der Waals surface area contributed by atoms with Crippen molar-refractivity contribution >= 4 is 18.3 Å². The van der Waals surface area contributed by atoms with Crippen LogP contribution in [-0.2, 0) is 15.7 Å². The summed E-state index contributed by atoms with van der Waals surface area (Å²) in [6, 6.07) is 8.72. The predicted molar refractivity (Wildman–Crippen MR) is 114 cm³/mol. The minimum atomic E-state index is -0.632. The second kappa shape index (κ2) is 9.26. The molecule has 4 rings (SSSR count). The maximum Gasteiger partial charge on any atom is 0.248 e. The average Bonchev–Trinajstić information content (AvgIpc) is 3.29. The Bertz CT molecular complexity index is 782. The summed E-state index contributed by atoms with van der Waals surface area (Å²) < 4.78 is 15.3. The van der Waals surface area contributed by atoms with E-state index in [-0.39, 0.29) is 29.5 Å². The smallest absolute Gasteiger partial charge is 0.248 e. The summed E-state index contributed by atoms with van der Waals surface area (Å²) in [4.78, 5) is 13.4. The fourth-order valence-corrected chi connectivity index (χ4v) is 4.94. The summed E-state index contributed by atoms with van der Waals surface area (Å²) in [5, 5.41) is 11.0. The fraction of sp³-hybridized carbons (Fsp3) is 0.545. The molecule has 158 valence electrons. The maximum atomic E-state index is 13.5. The molecule has 7 heteroatoms. The first kappa shape index (κ1) is 21.8. The molecule has 0 unspecified atom stereocenters. The summed E-state index contributed by atoms with van der Waals surface area (Å²) in [7, 11) is 0. The Hall–Kier alpha value is -1.92. The highest BCUT2D eigenvalue weighted by molar-refractivity contribution is 5.85. The molecule has 29 heavy (non-hydrogen) atoms. The van der Waals surface area contributed by atoms with Crippen LogP contribution in [0.5, 0.6) is 0 Å². The lowest BCUT2D eigenvalue weighted by Crippen LogP contribution is -2.56. The van der Waals surface area contributed by atoms with E-state index in [0.717, 1.165) is 57.2 Å². The lowest BCUT2D eigenvalue weighted by molar-refractivity contribution is -0.132. The minimum Gasteiger partial charge on any atom is -0.353 e. The first-order valence-corrected chi connectivity index (χ1v) is 10.4. The van der Waals surface area contributed by atoms with Crippen LogP contribution in [0.2, 0.25) is 0 Å². The lowest BCUT2D eigenvalue weighted by atomic mass is 9.69. The van der Waals surface area contributed by atoms with E-state index in [1.165, 1.54) is 18.6 Å². The molecule has 0 atom stereocenters. The zero-order valence-electron chi connectivity index (χ0n) is 16.7. The molecular formula is C22H30ClFN4O. The Labute approximate surface area is 177 Å². The number of piperidine rings is 1. The molecule has 1 saturated heterocycles. The SMILES string of the molecule is Cl.O=C(NCC1(c2ccc(F)cc2)CCCCC1)C1(n2cccn2)CCNCC1. The topological polar surface area (TPSA) is 59.0 Å². The van der Waals surface area contributed by atoms with Crippen LogP contribution in [0.25, 0.3) is 0 Å². The highest BCUT2D eigenvalue weighted by Gasteiger charge is 2.43. The van der Waals surface area contributed by atoms with E-state index < -0.39 is 5.54 Å². The van der Waals surface area contributed by atoms with Gasteiger partial charge in [-0.2, -0.15) is 5.10 Å². The summed E-state index contributed by atoms with van der Waals surface area (Å²) >= 11 is 0. The van der Waals surface area contributed by atoms with Gasteiger partial charge in [0.2, 0.25) is 5.91 Å². The standard InChI is InChI=1S/C22H29FN4O.ClH/c23-19-7-5-18(6-8-19)21(9-2-1-3-10-21)17-25-20(28)22(11-14-24-15-12-22)27-16-4-13-26-27;/h4-8,13,16,24H,1-3,9-12,14-15,17H2,(H,25,28);1H. The first-order valence-electron chi connectivity index (χ1n) is 10.4. The largest absolute Gasteiger partial charge is 0.353 e. The molecule has 2 heterocycles. The molecule has 2 aliphatic rings. The van der Waals surface area contributed by atoms with Crippen molar-refractivity contribution in [1.82, 2.24) is 20.4 Å². The van der Waals surface area contributed by atoms with Crippen molar-refractivity contribution in [2.45, 2.75) is 55.9 Å². The van der Waals surface area contributed by atoms with E-state index in [4.69, 9.17) is 0 Å². The fourth-order valence-electron chi connectivity index (χ4n) is 4.94. The van der Waals surface area contributed by atoms with Crippen LogP contribution < -0.4 is 10.6 Å². The Morgan fingerprint density at radius 2 is 1.79 bits per heavy atom. The van der Waals surface area contributed by atoms with Crippen molar-refractivity contribution in [3.63, 3.8) is 0 Å². The highest BCUT2D eigenvalue weighted by Crippen LogP contribution is 2.39. The molecule has 2 N–H and O–H groups in total. The third kappa shape index (κ3) is 4.33. The third-order valence-electron chi connectivity index (χ3n) is 6.65. The Kier molecular flexibility index (Phi) is 6.96. The summed E-state index contributed by atoms with van der Waals surface area (Å²) in [5.41, 5.74) is 0.389. The van der Waals surface area contributed by atoms with Crippen molar-refractivity contribution in [1.29, 1.82) is 0 Å². The van der Waals surface area contributed by atoms with Gasteiger partial charge in [0.05, 0.1) is 0 Å². The van der Waals surface area contributed by atoms with Gasteiger partial charge in [0.15, 0.2) is 0 Å². The number of nitrogens with zero attached hydrogens (tertiary/aromatic N) is 2. The van der Waals surface area contributed by atoms with Crippen molar-refractivity contribution in [2.75, 3.05) is 19.6 Å². The van der Waals surface area contributed by atoms with Crippen molar-refractivity contribution < 1.29 is 9.18 Å². The van der Waals surface area contributed by atoms with Crippen LogP contribution in [0, 0.1) is 5.82 Å². The van der Waals surface area contributed by atoms with Gasteiger partial charge in [-0.3, -0.25) is 9.48 Å². The zero-order valence-corrected chi connectivity index (χ0v) is 17.5. The van der Waals surface area contributed by atoms with Gasteiger partial charge in [-0.05, 0) is 62.5 Å². The number of aromatic nitrogens is 2. The van der Waals surface area contributed by atoms with Gasteiger partial charge in [0, 0.05) is 24.4 Å². The molecule has 2 fully saturated rings. The first-order chi connectivity index (χ1) is 13.6. The van der Waals surface area contributed by atoms with Gasteiger partial charge in [-0.15, -0.1) is 12.4 Å². The number of carbonyl (C=O) groups is 1. The van der Waals surface area contributed by atoms with E-state index >= 15 is 0 Å². The molecule has 0 spiro atoms. The second-order valence-electron chi connectivity index (χ2n) is 8.26. The molecule has 1 aromatic carbocycles. The van der Waals surface area contributed by atoms with Crippen molar-refractivity contribution in [2.24, 2.45) is 0 Å². The number of amides is 1. The van der Waals surface area contributed by atoms with Gasteiger partial charge in [0.25, 0.3) is 0 Å². The molecule has 1 aliphatic heterocycles. The number of hydrogen-bond donors (Lipinski definition) is 2. The summed E-state index contributed by atoms with van der Waals surface area (Å²) in [5.74, 6) is -0.171. The van der Waals surface area contributed by atoms with Crippen LogP contribution in [0.4, 0.5) is 4.39 Å². The van der Waals surface area contributed by atoms with Crippen molar-refractivity contribution in [3.8, 4) is 0 Å². The molecule has 5 nitrogen and oxygen atoms in total. The molecule has 0 radical (unpaired) electrons. The van der Waals surface area contributed by atoms with Gasteiger partial charge >= 0.3 is 0 Å². The van der Waals surface area contributed by atoms with E-state index in [2.05, 4.69) is 15.7 Å². The lowest BCUT2D eigenvalue weighted by Gasteiger charge is -2.41. The Morgan fingerprint density at radius 3 is 2.41 bits per heavy atom.